The molecule has 0 unspecified atom stereocenters. The Morgan fingerprint density at radius 3 is 2.77 bits per heavy atom. The lowest BCUT2D eigenvalue weighted by Crippen LogP contribution is -2.43. The van der Waals surface area contributed by atoms with E-state index in [4.69, 9.17) is 10.5 Å². The summed E-state index contributed by atoms with van der Waals surface area (Å²) in [7, 11) is -0.378. The van der Waals surface area contributed by atoms with Gasteiger partial charge in [0.15, 0.2) is 0 Å². The van der Waals surface area contributed by atoms with Crippen molar-refractivity contribution < 1.29 is 17.9 Å². The van der Waals surface area contributed by atoms with Gasteiger partial charge in [-0.2, -0.15) is 0 Å². The molecule has 9 heteroatoms. The molecule has 0 bridgehead atoms. The second-order valence-electron chi connectivity index (χ2n) is 5.41. The van der Waals surface area contributed by atoms with E-state index >= 15 is 0 Å². The largest absolute Gasteiger partial charge is 0.384 e. The Bertz CT molecular complexity index is 630. The molecule has 1 amide bonds. The van der Waals surface area contributed by atoms with Crippen LogP contribution >= 0.6 is 0 Å². The topological polar surface area (TPSA) is 115 Å². The molecule has 1 saturated heterocycles. The number of nitrogens with two attached hydrogens (primary N) is 1. The second kappa shape index (κ2) is 6.59. The molecular weight excluding hydrogens is 308 g/mol. The summed E-state index contributed by atoms with van der Waals surface area (Å²) >= 11 is 0. The number of carbonyl (C=O) groups is 1. The van der Waals surface area contributed by atoms with E-state index in [2.05, 4.69) is 10.3 Å². The van der Waals surface area contributed by atoms with Crippen molar-refractivity contribution in [1.29, 1.82) is 0 Å². The molecule has 2 rings (SSSR count). The summed E-state index contributed by atoms with van der Waals surface area (Å²) < 4.78 is 30.4. The minimum Gasteiger partial charge on any atom is -0.384 e. The number of aromatic nitrogens is 1. The number of hydrogen-bond donors (Lipinski definition) is 2. The Morgan fingerprint density at radius 2 is 2.18 bits per heavy atom. The Morgan fingerprint density at radius 1 is 1.45 bits per heavy atom. The Hall–Kier alpha value is -1.71. The fourth-order valence-electron chi connectivity index (χ4n) is 2.13. The quantitative estimate of drug-likeness (QED) is 0.739. The zero-order valence-corrected chi connectivity index (χ0v) is 13.3. The number of nitrogens with one attached hydrogen (secondary N) is 1. The molecule has 8 nitrogen and oxygen atoms in total. The molecule has 1 aliphatic heterocycles. The number of nitrogen functional groups attached to an aromatic ring is 1. The van der Waals surface area contributed by atoms with E-state index in [0.29, 0.717) is 24.6 Å². The average molecular weight is 328 g/mol. The van der Waals surface area contributed by atoms with Gasteiger partial charge in [0.2, 0.25) is 10.0 Å². The van der Waals surface area contributed by atoms with Crippen molar-refractivity contribution in [3.63, 3.8) is 0 Å². The van der Waals surface area contributed by atoms with E-state index in [0.717, 1.165) is 0 Å². The third-order valence-electron chi connectivity index (χ3n) is 3.54. The normalized spacial score (nSPS) is 22.0. The van der Waals surface area contributed by atoms with Crippen molar-refractivity contribution in [2.24, 2.45) is 5.92 Å². The fraction of sp³-hybridized carbons (Fsp3) is 0.538. The summed E-state index contributed by atoms with van der Waals surface area (Å²) in [6.45, 7) is 0.597. The van der Waals surface area contributed by atoms with Crippen molar-refractivity contribution in [1.82, 2.24) is 14.6 Å². The number of carbonyl (C=O) groups excluding carboxylic acids is 1. The number of pyridine rings is 1. The van der Waals surface area contributed by atoms with Crippen LogP contribution in [0.25, 0.3) is 0 Å². The van der Waals surface area contributed by atoms with Crippen LogP contribution in [0.2, 0.25) is 0 Å². The minimum absolute atomic E-state index is 0.0645. The number of hydrogen-bond acceptors (Lipinski definition) is 6. The summed E-state index contributed by atoms with van der Waals surface area (Å²) in [5, 5.41) is 2.80. The van der Waals surface area contributed by atoms with Gasteiger partial charge in [0, 0.05) is 26.2 Å². The SMILES string of the molecule is CN(C)S(=O)(=O)C[C@@H]1COC[C@H]1NC(=O)c1ccc(N)nc1. The molecular formula is C13H20N4O4S. The zero-order chi connectivity index (χ0) is 16.3. The average Bonchev–Trinajstić information content (AvgIpc) is 2.85. The van der Waals surface area contributed by atoms with Gasteiger partial charge in [0.25, 0.3) is 5.91 Å². The van der Waals surface area contributed by atoms with Gasteiger partial charge in [-0.25, -0.2) is 17.7 Å². The number of amides is 1. The first-order valence-electron chi connectivity index (χ1n) is 6.80. The van der Waals surface area contributed by atoms with Crippen LogP contribution in [-0.2, 0) is 14.8 Å². The van der Waals surface area contributed by atoms with Gasteiger partial charge in [-0.05, 0) is 12.1 Å². The molecule has 22 heavy (non-hydrogen) atoms. The van der Waals surface area contributed by atoms with Crippen LogP contribution in [0, 0.1) is 5.92 Å². The van der Waals surface area contributed by atoms with E-state index in [1.807, 2.05) is 0 Å². The van der Waals surface area contributed by atoms with Crippen LogP contribution < -0.4 is 11.1 Å². The Kier molecular flexibility index (Phi) is 4.99. The van der Waals surface area contributed by atoms with Gasteiger partial charge in [-0.15, -0.1) is 0 Å². The van der Waals surface area contributed by atoms with Gasteiger partial charge in [-0.1, -0.05) is 0 Å². The summed E-state index contributed by atoms with van der Waals surface area (Å²) in [5.74, 6) is -0.339. The van der Waals surface area contributed by atoms with Gasteiger partial charge in [-0.3, -0.25) is 4.79 Å². The van der Waals surface area contributed by atoms with Gasteiger partial charge in [0.05, 0.1) is 30.6 Å². The van der Waals surface area contributed by atoms with E-state index in [1.54, 1.807) is 6.07 Å². The Balaban J connectivity index is 2.02. The van der Waals surface area contributed by atoms with Crippen molar-refractivity contribution in [3.8, 4) is 0 Å². The van der Waals surface area contributed by atoms with E-state index in [9.17, 15) is 13.2 Å². The van der Waals surface area contributed by atoms with E-state index < -0.39 is 10.0 Å². The molecule has 2 heterocycles. The lowest BCUT2D eigenvalue weighted by atomic mass is 10.1. The van der Waals surface area contributed by atoms with E-state index in [1.165, 1.54) is 30.7 Å². The molecule has 1 fully saturated rings. The molecule has 0 saturated carbocycles. The molecule has 122 valence electrons. The third-order valence-corrected chi connectivity index (χ3v) is 5.51. The maximum absolute atomic E-state index is 12.1. The summed E-state index contributed by atoms with van der Waals surface area (Å²) in [5.41, 5.74) is 5.85. The molecule has 2 atom stereocenters. The predicted octanol–water partition coefficient (Wildman–Crippen LogP) is -0.700. The number of nitrogens with zero attached hydrogens (tertiary/aromatic N) is 2. The maximum Gasteiger partial charge on any atom is 0.253 e. The number of anilines is 1. The fourth-order valence-corrected chi connectivity index (χ4v) is 3.30. The smallest absolute Gasteiger partial charge is 0.253 e. The summed E-state index contributed by atoms with van der Waals surface area (Å²) in [6.07, 6.45) is 1.38. The highest BCUT2D eigenvalue weighted by molar-refractivity contribution is 7.89. The highest BCUT2D eigenvalue weighted by atomic mass is 32.2. The summed E-state index contributed by atoms with van der Waals surface area (Å²) in [4.78, 5) is 16.0. The van der Waals surface area contributed by atoms with Crippen molar-refractivity contribution in [2.75, 3.05) is 38.8 Å². The lowest BCUT2D eigenvalue weighted by molar-refractivity contribution is 0.0925. The minimum atomic E-state index is -3.35. The predicted molar refractivity (Wildman–Crippen MR) is 81.7 cm³/mol. The molecule has 1 aliphatic rings. The monoisotopic (exact) mass is 328 g/mol. The second-order valence-corrected chi connectivity index (χ2v) is 7.64. The highest BCUT2D eigenvalue weighted by Crippen LogP contribution is 2.17. The highest BCUT2D eigenvalue weighted by Gasteiger charge is 2.34. The molecule has 3 N–H and O–H groups in total. The zero-order valence-electron chi connectivity index (χ0n) is 12.5. The number of sulfonamides is 1. The number of ether oxygens (including phenoxy) is 1. The van der Waals surface area contributed by atoms with Crippen molar-refractivity contribution >= 4 is 21.7 Å². The Labute approximate surface area is 129 Å². The standard InChI is InChI=1S/C13H20N4O4S/c1-17(2)22(19,20)8-10-6-21-7-11(10)16-13(18)9-3-4-12(14)15-5-9/h3-5,10-11H,6-8H2,1-2H3,(H2,14,15)(H,16,18)/t10-,11+/m0/s1. The molecule has 0 aromatic carbocycles. The maximum atomic E-state index is 12.1. The number of rotatable bonds is 5. The van der Waals surface area contributed by atoms with Gasteiger partial charge < -0.3 is 15.8 Å². The molecule has 0 spiro atoms. The van der Waals surface area contributed by atoms with Gasteiger partial charge in [0.1, 0.15) is 5.82 Å². The van der Waals surface area contributed by atoms with Crippen LogP contribution in [0.3, 0.4) is 0 Å². The first-order valence-corrected chi connectivity index (χ1v) is 8.41. The van der Waals surface area contributed by atoms with E-state index in [-0.39, 0.29) is 23.6 Å². The van der Waals surface area contributed by atoms with Crippen LogP contribution in [-0.4, -0.2) is 62.7 Å². The van der Waals surface area contributed by atoms with Gasteiger partial charge >= 0.3 is 0 Å². The molecule has 0 radical (unpaired) electrons. The van der Waals surface area contributed by atoms with Crippen molar-refractivity contribution in [2.45, 2.75) is 6.04 Å². The van der Waals surface area contributed by atoms with Crippen LogP contribution in [0.5, 0.6) is 0 Å². The van der Waals surface area contributed by atoms with Crippen LogP contribution in [0.15, 0.2) is 18.3 Å². The molecule has 1 aromatic heterocycles. The summed E-state index contributed by atoms with van der Waals surface area (Å²) in [6, 6.07) is 2.76. The van der Waals surface area contributed by atoms with Crippen LogP contribution in [0.4, 0.5) is 5.82 Å². The molecule has 1 aromatic rings. The van der Waals surface area contributed by atoms with Crippen LogP contribution in [0.1, 0.15) is 10.4 Å². The first-order chi connectivity index (χ1) is 10.3. The third kappa shape index (κ3) is 3.93. The molecule has 0 aliphatic carbocycles. The first kappa shape index (κ1) is 16.7. The van der Waals surface area contributed by atoms with Crippen molar-refractivity contribution in [3.05, 3.63) is 23.9 Å². The lowest BCUT2D eigenvalue weighted by Gasteiger charge is -2.21.